The van der Waals surface area contributed by atoms with E-state index >= 15 is 0 Å². The Balaban J connectivity index is 1.13. The summed E-state index contributed by atoms with van der Waals surface area (Å²) in [5.41, 5.74) is 1.21. The van der Waals surface area contributed by atoms with Gasteiger partial charge in [0.05, 0.1) is 6.20 Å². The van der Waals surface area contributed by atoms with Crippen molar-refractivity contribution in [3.05, 3.63) is 41.6 Å². The second-order valence-corrected chi connectivity index (χ2v) is 14.2. The molecule has 5 rings (SSSR count). The van der Waals surface area contributed by atoms with Gasteiger partial charge in [-0.1, -0.05) is 24.6 Å². The van der Waals surface area contributed by atoms with Crippen molar-refractivity contribution < 1.29 is 9.53 Å². The van der Waals surface area contributed by atoms with E-state index < -0.39 is 5.60 Å². The number of anilines is 2. The molecular formula is C33H47N7O2S. The molecule has 2 saturated carbocycles. The van der Waals surface area contributed by atoms with Gasteiger partial charge in [0.2, 0.25) is 5.95 Å². The fourth-order valence-electron chi connectivity index (χ4n) is 7.08. The number of hydrogen-bond donors (Lipinski definition) is 3. The Bertz CT molecular complexity index is 1270. The summed E-state index contributed by atoms with van der Waals surface area (Å²) in [6.45, 7) is 8.70. The maximum absolute atomic E-state index is 12.5. The lowest BCUT2D eigenvalue weighted by molar-refractivity contribution is 0.0171. The zero-order valence-electron chi connectivity index (χ0n) is 26.1. The summed E-state index contributed by atoms with van der Waals surface area (Å²) >= 11 is 1.72. The largest absolute Gasteiger partial charge is 0.444 e. The van der Waals surface area contributed by atoms with Crippen LogP contribution < -0.4 is 16.0 Å². The number of likely N-dealkylation sites (tertiary alicyclic amines) is 1. The molecule has 0 spiro atoms. The fraction of sp³-hybridized carbons (Fsp3) is 0.636. The number of benzene rings is 1. The van der Waals surface area contributed by atoms with Crippen molar-refractivity contribution in [2.24, 2.45) is 17.8 Å². The van der Waals surface area contributed by atoms with Crippen LogP contribution in [-0.4, -0.2) is 64.5 Å². The van der Waals surface area contributed by atoms with Gasteiger partial charge in [0.1, 0.15) is 23.1 Å². The molecule has 2 aliphatic carbocycles. The molecule has 1 saturated heterocycles. The molecular weight excluding hydrogens is 558 g/mol. The summed E-state index contributed by atoms with van der Waals surface area (Å²) in [6, 6.07) is 11.6. The fourth-order valence-corrected chi connectivity index (χ4v) is 7.70. The highest BCUT2D eigenvalue weighted by Crippen LogP contribution is 2.43. The maximum Gasteiger partial charge on any atom is 0.410 e. The van der Waals surface area contributed by atoms with Crippen LogP contribution in [0, 0.1) is 29.1 Å². The summed E-state index contributed by atoms with van der Waals surface area (Å²) in [5.74, 6) is 3.02. The lowest BCUT2D eigenvalue weighted by Gasteiger charge is -2.48. The SMILES string of the molecule is CSc1ccccc1CNc1ncc(C#N)c(NCC2C[C@H]3CCC[C@@H](C2)C3NC2CCN(C(=O)OC(C)(C)C)CC2)n1. The molecule has 9 nitrogen and oxygen atoms in total. The number of nitrogens with zero attached hydrogens (tertiary/aromatic N) is 4. The topological polar surface area (TPSA) is 115 Å². The van der Waals surface area contributed by atoms with Crippen molar-refractivity contribution in [3.8, 4) is 6.07 Å². The number of nitrogens with one attached hydrogen (secondary N) is 3. The Hall–Kier alpha value is -3.03. The summed E-state index contributed by atoms with van der Waals surface area (Å²) in [6.07, 6.45) is 11.7. The number of aromatic nitrogens is 2. The third-order valence-corrected chi connectivity index (χ3v) is 9.95. The second kappa shape index (κ2) is 14.2. The molecule has 2 bridgehead atoms. The molecule has 1 aromatic carbocycles. The van der Waals surface area contributed by atoms with E-state index in [0.29, 0.717) is 53.7 Å². The molecule has 10 heteroatoms. The van der Waals surface area contributed by atoms with Gasteiger partial charge in [-0.05, 0) is 94.9 Å². The lowest BCUT2D eigenvalue weighted by Crippen LogP contribution is -2.55. The van der Waals surface area contributed by atoms with Crippen LogP contribution in [0.5, 0.6) is 0 Å². The summed E-state index contributed by atoms with van der Waals surface area (Å²) in [7, 11) is 0. The smallest absolute Gasteiger partial charge is 0.410 e. The van der Waals surface area contributed by atoms with Crippen LogP contribution in [0.3, 0.4) is 0 Å². The summed E-state index contributed by atoms with van der Waals surface area (Å²) < 4.78 is 5.58. The molecule has 3 N–H and O–H groups in total. The first kappa shape index (κ1) is 31.4. The van der Waals surface area contributed by atoms with Crippen LogP contribution in [-0.2, 0) is 11.3 Å². The van der Waals surface area contributed by atoms with Crippen LogP contribution in [0.1, 0.15) is 76.8 Å². The minimum absolute atomic E-state index is 0.192. The van der Waals surface area contributed by atoms with Crippen LogP contribution in [0.25, 0.3) is 0 Å². The second-order valence-electron chi connectivity index (χ2n) is 13.3. The molecule has 232 valence electrons. The van der Waals surface area contributed by atoms with Gasteiger partial charge in [0.25, 0.3) is 0 Å². The van der Waals surface area contributed by atoms with Gasteiger partial charge in [-0.3, -0.25) is 0 Å². The standard InChI is InChI=1S/C33H47N7O2S/c1-33(2,3)42-32(41)40-14-12-27(13-15-40)38-29-23-9-7-10-24(29)17-22(16-23)19-35-30-26(18-34)21-37-31(39-30)36-20-25-8-5-6-11-28(25)43-4/h5-6,8,11,21-24,27,29,38H,7,9-10,12-17,19-20H2,1-4H3,(H2,35,36,37,39)/t22?,23-,24+,29?. The molecule has 1 aliphatic heterocycles. The Labute approximate surface area is 261 Å². The van der Waals surface area contributed by atoms with E-state index in [0.717, 1.165) is 32.5 Å². The van der Waals surface area contributed by atoms with Gasteiger partial charge in [0, 0.05) is 43.2 Å². The van der Waals surface area contributed by atoms with Crippen molar-refractivity contribution >= 4 is 29.6 Å². The van der Waals surface area contributed by atoms with Crippen LogP contribution in [0.2, 0.25) is 0 Å². The minimum atomic E-state index is -0.458. The number of rotatable bonds is 9. The average molecular weight is 606 g/mol. The quantitative estimate of drug-likeness (QED) is 0.284. The highest BCUT2D eigenvalue weighted by molar-refractivity contribution is 7.98. The van der Waals surface area contributed by atoms with E-state index in [9.17, 15) is 10.1 Å². The molecule has 0 radical (unpaired) electrons. The number of piperidine rings is 1. The zero-order chi connectivity index (χ0) is 30.4. The first-order valence-corrected chi connectivity index (χ1v) is 17.1. The van der Waals surface area contributed by atoms with Crippen molar-refractivity contribution in [2.45, 2.75) is 94.8 Å². The van der Waals surface area contributed by atoms with Gasteiger partial charge in [-0.25, -0.2) is 9.78 Å². The third-order valence-electron chi connectivity index (χ3n) is 9.11. The number of carbonyl (C=O) groups is 1. The molecule has 3 aliphatic rings. The predicted molar refractivity (Wildman–Crippen MR) is 172 cm³/mol. The summed E-state index contributed by atoms with van der Waals surface area (Å²) in [5, 5.41) is 20.6. The summed E-state index contributed by atoms with van der Waals surface area (Å²) in [4.78, 5) is 24.7. The minimum Gasteiger partial charge on any atom is -0.444 e. The molecule has 2 aromatic rings. The van der Waals surface area contributed by atoms with Crippen LogP contribution >= 0.6 is 11.8 Å². The van der Waals surface area contributed by atoms with Crippen LogP contribution in [0.15, 0.2) is 35.4 Å². The Morgan fingerprint density at radius 1 is 1.12 bits per heavy atom. The highest BCUT2D eigenvalue weighted by atomic mass is 32.2. The first-order chi connectivity index (χ1) is 20.7. The maximum atomic E-state index is 12.5. The Morgan fingerprint density at radius 2 is 1.84 bits per heavy atom. The van der Waals surface area contributed by atoms with Gasteiger partial charge < -0.3 is 25.6 Å². The van der Waals surface area contributed by atoms with Crippen molar-refractivity contribution in [2.75, 3.05) is 36.5 Å². The van der Waals surface area contributed by atoms with E-state index in [2.05, 4.69) is 50.4 Å². The molecule has 1 aromatic heterocycles. The average Bonchev–Trinajstić information content (AvgIpc) is 2.98. The number of hydrogen-bond acceptors (Lipinski definition) is 9. The first-order valence-electron chi connectivity index (χ1n) is 15.8. The van der Waals surface area contributed by atoms with E-state index in [1.807, 2.05) is 37.8 Å². The highest BCUT2D eigenvalue weighted by Gasteiger charge is 2.41. The van der Waals surface area contributed by atoms with E-state index in [-0.39, 0.29) is 6.09 Å². The monoisotopic (exact) mass is 605 g/mol. The van der Waals surface area contributed by atoms with E-state index in [1.165, 1.54) is 42.6 Å². The van der Waals surface area contributed by atoms with Gasteiger partial charge in [-0.15, -0.1) is 11.8 Å². The zero-order valence-corrected chi connectivity index (χ0v) is 26.9. The van der Waals surface area contributed by atoms with Crippen molar-refractivity contribution in [1.29, 1.82) is 5.26 Å². The Morgan fingerprint density at radius 3 is 2.51 bits per heavy atom. The number of fused-ring (bicyclic) bond motifs is 2. The van der Waals surface area contributed by atoms with Crippen molar-refractivity contribution in [1.82, 2.24) is 20.2 Å². The number of amides is 1. The third kappa shape index (κ3) is 8.33. The van der Waals surface area contributed by atoms with Crippen molar-refractivity contribution in [3.63, 3.8) is 0 Å². The molecule has 4 atom stereocenters. The Kier molecular flexibility index (Phi) is 10.3. The van der Waals surface area contributed by atoms with E-state index in [1.54, 1.807) is 18.0 Å². The number of carbonyl (C=O) groups excluding carboxylic acids is 1. The number of nitriles is 1. The molecule has 2 unspecified atom stereocenters. The van der Waals surface area contributed by atoms with Gasteiger partial charge in [0.15, 0.2) is 0 Å². The lowest BCUT2D eigenvalue weighted by atomic mass is 9.64. The van der Waals surface area contributed by atoms with E-state index in [4.69, 9.17) is 4.74 Å². The normalized spacial score (nSPS) is 24.2. The van der Waals surface area contributed by atoms with Gasteiger partial charge in [-0.2, -0.15) is 10.2 Å². The molecule has 3 fully saturated rings. The molecule has 1 amide bonds. The number of thioether (sulfide) groups is 1. The molecule has 43 heavy (non-hydrogen) atoms. The predicted octanol–water partition coefficient (Wildman–Crippen LogP) is 6.28. The van der Waals surface area contributed by atoms with Gasteiger partial charge >= 0.3 is 6.09 Å². The van der Waals surface area contributed by atoms with Crippen LogP contribution in [0.4, 0.5) is 16.6 Å². The molecule has 2 heterocycles. The number of ether oxygens (including phenoxy) is 1.